The second-order valence-electron chi connectivity index (χ2n) is 4.45. The highest BCUT2D eigenvalue weighted by Gasteiger charge is 2.23. The number of carbonyl (C=O) groups excluding carboxylic acids is 3. The van der Waals surface area contributed by atoms with Crippen LogP contribution >= 0.6 is 15.9 Å². The van der Waals surface area contributed by atoms with E-state index in [1.54, 1.807) is 0 Å². The van der Waals surface area contributed by atoms with Crippen LogP contribution in [0.3, 0.4) is 0 Å². The second-order valence-corrected chi connectivity index (χ2v) is 5.31. The van der Waals surface area contributed by atoms with Crippen molar-refractivity contribution >= 4 is 33.9 Å². The van der Waals surface area contributed by atoms with Crippen molar-refractivity contribution in [1.82, 2.24) is 5.32 Å². The highest BCUT2D eigenvalue weighted by Crippen LogP contribution is 2.36. The smallest absolute Gasteiger partial charge is 0.413 e. The maximum Gasteiger partial charge on any atom is 0.413 e. The van der Waals surface area contributed by atoms with Gasteiger partial charge in [-0.25, -0.2) is 9.59 Å². The average Bonchev–Trinajstić information content (AvgIpc) is 2.55. The Morgan fingerprint density at radius 3 is 2.46 bits per heavy atom. The first kappa shape index (κ1) is 19.8. The highest BCUT2D eigenvalue weighted by atomic mass is 79.9. The van der Waals surface area contributed by atoms with Crippen molar-refractivity contribution < 1.29 is 33.3 Å². The summed E-state index contributed by atoms with van der Waals surface area (Å²) in [5.41, 5.74) is 0.153. The van der Waals surface area contributed by atoms with Crippen molar-refractivity contribution in [1.29, 1.82) is 0 Å². The Bertz CT molecular complexity index is 632. The maximum atomic E-state index is 12.2. The third-order valence-corrected chi connectivity index (χ3v) is 3.41. The Morgan fingerprint density at radius 2 is 1.92 bits per heavy atom. The molecule has 1 atom stereocenters. The zero-order valence-electron chi connectivity index (χ0n) is 13.7. The third kappa shape index (κ3) is 5.12. The normalized spacial score (nSPS) is 11.2. The number of amides is 2. The number of methoxy groups -OCH3 is 2. The molecule has 0 heterocycles. The predicted octanol–water partition coefficient (Wildman–Crippen LogP) is 2.28. The van der Waals surface area contributed by atoms with Gasteiger partial charge < -0.3 is 18.9 Å². The van der Waals surface area contributed by atoms with Gasteiger partial charge in [0.2, 0.25) is 0 Å². The van der Waals surface area contributed by atoms with Crippen LogP contribution in [-0.2, 0) is 14.3 Å². The highest BCUT2D eigenvalue weighted by molar-refractivity contribution is 9.10. The van der Waals surface area contributed by atoms with Crippen LogP contribution in [0.15, 0.2) is 16.6 Å². The molecule has 132 valence electrons. The first-order valence-corrected chi connectivity index (χ1v) is 7.73. The van der Waals surface area contributed by atoms with Crippen LogP contribution in [0.1, 0.15) is 24.2 Å². The molecular formula is C15H18BrNO7. The molecule has 0 unspecified atom stereocenters. The molecule has 0 bridgehead atoms. The Kier molecular flexibility index (Phi) is 7.50. The number of rotatable bonds is 6. The monoisotopic (exact) mass is 403 g/mol. The van der Waals surface area contributed by atoms with Gasteiger partial charge in [-0.3, -0.25) is 10.1 Å². The molecule has 24 heavy (non-hydrogen) atoms. The number of nitrogens with one attached hydrogen (secondary N) is 1. The van der Waals surface area contributed by atoms with Gasteiger partial charge >= 0.3 is 12.1 Å². The molecule has 0 aromatic heterocycles. The standard InChI is InChI=1S/C15H18BrNO7/c1-5-23-12-10(16)6-9(7-11(12)21-3)14(19)24-8(2)13(18)17-15(20)22-4/h6-8H,5H2,1-4H3,(H,17,18,20)/t8-/m1/s1. The number of benzene rings is 1. The summed E-state index contributed by atoms with van der Waals surface area (Å²) < 4.78 is 20.4. The van der Waals surface area contributed by atoms with Crippen LogP contribution < -0.4 is 14.8 Å². The zero-order chi connectivity index (χ0) is 18.3. The van der Waals surface area contributed by atoms with Crippen LogP contribution in [0.4, 0.5) is 4.79 Å². The Morgan fingerprint density at radius 1 is 1.25 bits per heavy atom. The Balaban J connectivity index is 2.90. The molecule has 9 heteroatoms. The van der Waals surface area contributed by atoms with Crippen molar-refractivity contribution in [2.75, 3.05) is 20.8 Å². The number of hydrogen-bond acceptors (Lipinski definition) is 7. The van der Waals surface area contributed by atoms with Gasteiger partial charge in [0.1, 0.15) is 0 Å². The largest absolute Gasteiger partial charge is 0.493 e. The quantitative estimate of drug-likeness (QED) is 0.726. The van der Waals surface area contributed by atoms with Crippen LogP contribution in [0.25, 0.3) is 0 Å². The van der Waals surface area contributed by atoms with Crippen LogP contribution in [0.5, 0.6) is 11.5 Å². The van der Waals surface area contributed by atoms with E-state index in [9.17, 15) is 14.4 Å². The van der Waals surface area contributed by atoms with E-state index >= 15 is 0 Å². The number of ether oxygens (including phenoxy) is 4. The molecule has 1 N–H and O–H groups in total. The molecule has 0 aliphatic heterocycles. The number of imide groups is 1. The van der Waals surface area contributed by atoms with Gasteiger partial charge in [0.15, 0.2) is 17.6 Å². The van der Waals surface area contributed by atoms with E-state index in [-0.39, 0.29) is 5.56 Å². The van der Waals surface area contributed by atoms with E-state index in [0.717, 1.165) is 7.11 Å². The molecule has 0 radical (unpaired) electrons. The second kappa shape index (κ2) is 9.11. The summed E-state index contributed by atoms with van der Waals surface area (Å²) in [7, 11) is 2.55. The van der Waals surface area contributed by atoms with Gasteiger partial charge in [-0.05, 0) is 41.9 Å². The molecule has 0 saturated carbocycles. The Labute approximate surface area is 147 Å². The fourth-order valence-electron chi connectivity index (χ4n) is 1.66. The first-order chi connectivity index (χ1) is 11.3. The third-order valence-electron chi connectivity index (χ3n) is 2.82. The summed E-state index contributed by atoms with van der Waals surface area (Å²) in [5.74, 6) is -0.769. The summed E-state index contributed by atoms with van der Waals surface area (Å²) >= 11 is 3.29. The van der Waals surface area contributed by atoms with E-state index < -0.39 is 24.1 Å². The van der Waals surface area contributed by atoms with Gasteiger partial charge in [0, 0.05) is 0 Å². The molecule has 1 rings (SSSR count). The average molecular weight is 404 g/mol. The van der Waals surface area contributed by atoms with Gasteiger partial charge in [0.05, 0.1) is 30.9 Å². The van der Waals surface area contributed by atoms with E-state index in [4.69, 9.17) is 14.2 Å². The van der Waals surface area contributed by atoms with Gasteiger partial charge in [-0.15, -0.1) is 0 Å². The molecule has 0 aliphatic carbocycles. The maximum absolute atomic E-state index is 12.2. The van der Waals surface area contributed by atoms with E-state index in [1.807, 2.05) is 12.2 Å². The van der Waals surface area contributed by atoms with Gasteiger partial charge in [-0.2, -0.15) is 0 Å². The first-order valence-electron chi connectivity index (χ1n) is 6.94. The minimum absolute atomic E-state index is 0.153. The Hall–Kier alpha value is -2.29. The zero-order valence-corrected chi connectivity index (χ0v) is 15.3. The van der Waals surface area contributed by atoms with E-state index in [1.165, 1.54) is 26.2 Å². The van der Waals surface area contributed by atoms with Crippen molar-refractivity contribution in [2.24, 2.45) is 0 Å². The lowest BCUT2D eigenvalue weighted by molar-refractivity contribution is -0.128. The fourth-order valence-corrected chi connectivity index (χ4v) is 2.21. The van der Waals surface area contributed by atoms with Crippen molar-refractivity contribution in [2.45, 2.75) is 20.0 Å². The number of hydrogen-bond donors (Lipinski definition) is 1. The summed E-state index contributed by atoms with van der Waals surface area (Å²) in [4.78, 5) is 34.8. The molecule has 2 amide bonds. The lowest BCUT2D eigenvalue weighted by atomic mass is 10.2. The minimum atomic E-state index is -1.19. The fraction of sp³-hybridized carbons (Fsp3) is 0.400. The SMILES string of the molecule is CCOc1c(Br)cc(C(=O)O[C@H](C)C(=O)NC(=O)OC)cc1OC. The molecule has 0 fully saturated rings. The summed E-state index contributed by atoms with van der Waals surface area (Å²) in [6.07, 6.45) is -2.12. The van der Waals surface area contributed by atoms with E-state index in [0.29, 0.717) is 22.6 Å². The lowest BCUT2D eigenvalue weighted by Crippen LogP contribution is -2.39. The number of carbonyl (C=O) groups is 3. The molecule has 1 aromatic rings. The molecule has 8 nitrogen and oxygen atoms in total. The van der Waals surface area contributed by atoms with Gasteiger partial charge in [0.25, 0.3) is 5.91 Å². The van der Waals surface area contributed by atoms with Crippen LogP contribution in [-0.4, -0.2) is 44.9 Å². The number of esters is 1. The number of alkyl carbamates (subject to hydrolysis) is 1. The lowest BCUT2D eigenvalue weighted by Gasteiger charge is -2.15. The minimum Gasteiger partial charge on any atom is -0.493 e. The molecular weight excluding hydrogens is 386 g/mol. The van der Waals surface area contributed by atoms with Crippen LogP contribution in [0, 0.1) is 0 Å². The van der Waals surface area contributed by atoms with Crippen molar-refractivity contribution in [3.05, 3.63) is 22.2 Å². The summed E-state index contributed by atoms with van der Waals surface area (Å²) in [5, 5.41) is 1.91. The predicted molar refractivity (Wildman–Crippen MR) is 87.3 cm³/mol. The summed E-state index contributed by atoms with van der Waals surface area (Å²) in [6.45, 7) is 3.57. The van der Waals surface area contributed by atoms with Crippen molar-refractivity contribution in [3.8, 4) is 11.5 Å². The van der Waals surface area contributed by atoms with E-state index in [2.05, 4.69) is 20.7 Å². The topological polar surface area (TPSA) is 100 Å². The van der Waals surface area contributed by atoms with Crippen LogP contribution in [0.2, 0.25) is 0 Å². The van der Waals surface area contributed by atoms with Gasteiger partial charge in [-0.1, -0.05) is 0 Å². The molecule has 0 spiro atoms. The summed E-state index contributed by atoms with van der Waals surface area (Å²) in [6, 6.07) is 2.92. The molecule has 0 saturated heterocycles. The molecule has 0 aliphatic rings. The number of halogens is 1. The van der Waals surface area contributed by atoms with Crippen molar-refractivity contribution in [3.63, 3.8) is 0 Å². The molecule has 1 aromatic carbocycles.